The zero-order chi connectivity index (χ0) is 16.5. The first kappa shape index (κ1) is 15.1. The predicted octanol–water partition coefficient (Wildman–Crippen LogP) is 3.51. The lowest BCUT2D eigenvalue weighted by Gasteiger charge is -2.16. The highest BCUT2D eigenvalue weighted by atomic mass is 32.1. The van der Waals surface area contributed by atoms with Crippen LogP contribution < -0.4 is 4.90 Å². The van der Waals surface area contributed by atoms with Gasteiger partial charge in [-0.15, -0.1) is 11.3 Å². The highest BCUT2D eigenvalue weighted by molar-refractivity contribution is 7.13. The van der Waals surface area contributed by atoms with Crippen LogP contribution in [0.4, 0.5) is 5.69 Å². The molecule has 0 atom stereocenters. The van der Waals surface area contributed by atoms with Crippen molar-refractivity contribution in [2.75, 3.05) is 11.4 Å². The summed E-state index contributed by atoms with van der Waals surface area (Å²) >= 11 is 1.25. The number of aliphatic hydroxyl groups is 1. The standard InChI is InChI=1S/C19H16N2O2S/c22-12-14-11-20-18(24-14)19(23)21-10-9-16-15(7-4-8-17(16)21)13-5-2-1-3-6-13/h1-8,11,22H,9-10,12H2. The quantitative estimate of drug-likeness (QED) is 0.796. The second-order valence-electron chi connectivity index (χ2n) is 5.67. The van der Waals surface area contributed by atoms with Gasteiger partial charge in [-0.05, 0) is 29.2 Å². The fraction of sp³-hybridized carbons (Fsp3) is 0.158. The van der Waals surface area contributed by atoms with Crippen molar-refractivity contribution >= 4 is 22.9 Å². The first-order valence-electron chi connectivity index (χ1n) is 7.82. The number of benzene rings is 2. The summed E-state index contributed by atoms with van der Waals surface area (Å²) in [5.74, 6) is -0.0938. The molecule has 3 aromatic rings. The Kier molecular flexibility index (Phi) is 3.88. The van der Waals surface area contributed by atoms with E-state index in [2.05, 4.69) is 23.2 Å². The normalized spacial score (nSPS) is 13.1. The van der Waals surface area contributed by atoms with Crippen LogP contribution in [-0.4, -0.2) is 22.5 Å². The van der Waals surface area contributed by atoms with Gasteiger partial charge in [0.25, 0.3) is 5.91 Å². The van der Waals surface area contributed by atoms with Gasteiger partial charge in [0.15, 0.2) is 5.01 Å². The number of anilines is 1. The number of carbonyl (C=O) groups is 1. The Balaban J connectivity index is 1.71. The first-order chi connectivity index (χ1) is 11.8. The molecule has 1 N–H and O–H groups in total. The van der Waals surface area contributed by atoms with E-state index in [0.717, 1.165) is 12.1 Å². The van der Waals surface area contributed by atoms with E-state index >= 15 is 0 Å². The molecule has 24 heavy (non-hydrogen) atoms. The van der Waals surface area contributed by atoms with Gasteiger partial charge in [-0.1, -0.05) is 42.5 Å². The van der Waals surface area contributed by atoms with E-state index in [9.17, 15) is 4.79 Å². The van der Waals surface area contributed by atoms with Gasteiger partial charge in [0, 0.05) is 18.4 Å². The highest BCUT2D eigenvalue weighted by Gasteiger charge is 2.29. The summed E-state index contributed by atoms with van der Waals surface area (Å²) in [7, 11) is 0. The van der Waals surface area contributed by atoms with Crippen LogP contribution in [0, 0.1) is 0 Å². The molecule has 1 aliphatic rings. The van der Waals surface area contributed by atoms with Crippen LogP contribution >= 0.6 is 11.3 Å². The van der Waals surface area contributed by atoms with Gasteiger partial charge in [-0.3, -0.25) is 4.79 Å². The highest BCUT2D eigenvalue weighted by Crippen LogP contribution is 2.37. The van der Waals surface area contributed by atoms with E-state index < -0.39 is 0 Å². The van der Waals surface area contributed by atoms with E-state index in [1.165, 1.54) is 28.0 Å². The van der Waals surface area contributed by atoms with Gasteiger partial charge in [0.1, 0.15) is 0 Å². The van der Waals surface area contributed by atoms with Crippen molar-refractivity contribution in [3.05, 3.63) is 70.2 Å². The zero-order valence-electron chi connectivity index (χ0n) is 13.0. The molecule has 1 amide bonds. The fourth-order valence-corrected chi connectivity index (χ4v) is 3.85. The van der Waals surface area contributed by atoms with E-state index in [-0.39, 0.29) is 12.5 Å². The van der Waals surface area contributed by atoms with Crippen LogP contribution in [0.3, 0.4) is 0 Å². The lowest BCUT2D eigenvalue weighted by atomic mass is 9.98. The molecule has 0 spiro atoms. The van der Waals surface area contributed by atoms with Crippen molar-refractivity contribution in [1.82, 2.24) is 4.98 Å². The Morgan fingerprint density at radius 1 is 1.17 bits per heavy atom. The minimum atomic E-state index is -0.0938. The molecule has 2 aromatic carbocycles. The van der Waals surface area contributed by atoms with E-state index in [0.29, 0.717) is 16.4 Å². The molecule has 4 rings (SSSR count). The third-order valence-electron chi connectivity index (χ3n) is 4.25. The van der Waals surface area contributed by atoms with Crippen molar-refractivity contribution in [1.29, 1.82) is 0 Å². The number of thiazole rings is 1. The van der Waals surface area contributed by atoms with Crippen LogP contribution in [0.15, 0.2) is 54.7 Å². The molecule has 0 fully saturated rings. The second-order valence-corrected chi connectivity index (χ2v) is 6.78. The van der Waals surface area contributed by atoms with Crippen LogP contribution in [0.1, 0.15) is 20.2 Å². The molecule has 0 saturated heterocycles. The summed E-state index contributed by atoms with van der Waals surface area (Å²) in [6, 6.07) is 16.3. The molecule has 1 aromatic heterocycles. The van der Waals surface area contributed by atoms with Crippen molar-refractivity contribution < 1.29 is 9.90 Å². The number of hydrogen-bond acceptors (Lipinski definition) is 4. The number of hydrogen-bond donors (Lipinski definition) is 1. The lowest BCUT2D eigenvalue weighted by molar-refractivity contribution is 0.0989. The molecule has 1 aliphatic heterocycles. The summed E-state index contributed by atoms with van der Waals surface area (Å²) in [6.45, 7) is 0.575. The van der Waals surface area contributed by atoms with Gasteiger partial charge in [0.05, 0.1) is 11.5 Å². The number of aromatic nitrogens is 1. The third-order valence-corrected chi connectivity index (χ3v) is 5.22. The average molecular weight is 336 g/mol. The van der Waals surface area contributed by atoms with Gasteiger partial charge >= 0.3 is 0 Å². The Bertz CT molecular complexity index is 889. The second kappa shape index (κ2) is 6.19. The molecule has 0 aliphatic carbocycles. The molecule has 120 valence electrons. The number of fused-ring (bicyclic) bond motifs is 1. The van der Waals surface area contributed by atoms with E-state index in [1.54, 1.807) is 11.1 Å². The van der Waals surface area contributed by atoms with Gasteiger partial charge in [-0.25, -0.2) is 4.98 Å². The average Bonchev–Trinajstić information content (AvgIpc) is 3.28. The Morgan fingerprint density at radius 3 is 2.75 bits per heavy atom. The largest absolute Gasteiger partial charge is 0.391 e. The van der Waals surface area contributed by atoms with Crippen molar-refractivity contribution in [2.24, 2.45) is 0 Å². The number of carbonyl (C=O) groups excluding carboxylic acids is 1. The number of aliphatic hydroxyl groups excluding tert-OH is 1. The SMILES string of the molecule is O=C(c1ncc(CO)s1)N1CCc2c(-c3ccccc3)cccc21. The summed E-state index contributed by atoms with van der Waals surface area (Å²) in [5, 5.41) is 9.59. The molecule has 4 nitrogen and oxygen atoms in total. The van der Waals surface area contributed by atoms with E-state index in [4.69, 9.17) is 5.11 Å². The lowest BCUT2D eigenvalue weighted by Crippen LogP contribution is -2.28. The smallest absolute Gasteiger partial charge is 0.287 e. The molecule has 2 heterocycles. The number of nitrogens with zero attached hydrogens (tertiary/aromatic N) is 2. The molecule has 0 bridgehead atoms. The Morgan fingerprint density at radius 2 is 2.00 bits per heavy atom. The minimum Gasteiger partial charge on any atom is -0.391 e. The first-order valence-corrected chi connectivity index (χ1v) is 8.64. The Labute approximate surface area is 144 Å². The molecule has 0 saturated carbocycles. The molecule has 5 heteroatoms. The minimum absolute atomic E-state index is 0.0836. The van der Waals surface area contributed by atoms with Crippen LogP contribution in [0.25, 0.3) is 11.1 Å². The van der Waals surface area contributed by atoms with Gasteiger partial charge in [-0.2, -0.15) is 0 Å². The van der Waals surface area contributed by atoms with Gasteiger partial charge in [0.2, 0.25) is 0 Å². The maximum Gasteiger partial charge on any atom is 0.287 e. The predicted molar refractivity (Wildman–Crippen MR) is 95.3 cm³/mol. The van der Waals surface area contributed by atoms with Crippen molar-refractivity contribution in [2.45, 2.75) is 13.0 Å². The van der Waals surface area contributed by atoms with Crippen molar-refractivity contribution in [3.63, 3.8) is 0 Å². The molecular weight excluding hydrogens is 320 g/mol. The molecule has 0 unspecified atom stereocenters. The maximum absolute atomic E-state index is 12.8. The fourth-order valence-electron chi connectivity index (χ4n) is 3.13. The van der Waals surface area contributed by atoms with Crippen LogP contribution in [0.5, 0.6) is 0 Å². The summed E-state index contributed by atoms with van der Waals surface area (Å²) < 4.78 is 0. The molecular formula is C19H16N2O2S. The summed E-state index contributed by atoms with van der Waals surface area (Å²) in [6.07, 6.45) is 2.40. The van der Waals surface area contributed by atoms with Gasteiger partial charge < -0.3 is 10.0 Å². The monoisotopic (exact) mass is 336 g/mol. The Hall–Kier alpha value is -2.50. The van der Waals surface area contributed by atoms with E-state index in [1.807, 2.05) is 30.3 Å². The van der Waals surface area contributed by atoms with Crippen molar-refractivity contribution in [3.8, 4) is 11.1 Å². The summed E-state index contributed by atoms with van der Waals surface area (Å²) in [5.41, 5.74) is 4.51. The maximum atomic E-state index is 12.8. The number of amides is 1. The van der Waals surface area contributed by atoms with Crippen LogP contribution in [-0.2, 0) is 13.0 Å². The zero-order valence-corrected chi connectivity index (χ0v) is 13.8. The third kappa shape index (κ3) is 2.52. The number of rotatable bonds is 3. The van der Waals surface area contributed by atoms with Crippen LogP contribution in [0.2, 0.25) is 0 Å². The topological polar surface area (TPSA) is 53.4 Å². The summed E-state index contributed by atoms with van der Waals surface area (Å²) in [4.78, 5) is 19.4. The molecule has 0 radical (unpaired) electrons.